The van der Waals surface area contributed by atoms with E-state index in [9.17, 15) is 9.59 Å². The molecule has 0 aliphatic carbocycles. The molecule has 0 aliphatic heterocycles. The zero-order chi connectivity index (χ0) is 24.9. The maximum Gasteiger partial charge on any atom is 0.280 e. The highest BCUT2D eigenvalue weighted by atomic mass is 79.9. The van der Waals surface area contributed by atoms with E-state index in [1.54, 1.807) is 24.3 Å². The first-order valence-corrected chi connectivity index (χ1v) is 12.0. The van der Waals surface area contributed by atoms with Gasteiger partial charge in [0.15, 0.2) is 12.4 Å². The second-order valence-electron chi connectivity index (χ2n) is 8.40. The Bertz CT molecular complexity index is 1430. The van der Waals surface area contributed by atoms with Crippen LogP contribution in [0.4, 0.5) is 0 Å². The summed E-state index contributed by atoms with van der Waals surface area (Å²) in [5.41, 5.74) is 4.70. The summed E-state index contributed by atoms with van der Waals surface area (Å²) in [7, 11) is 0. The van der Waals surface area contributed by atoms with Crippen molar-refractivity contribution >= 4 is 32.7 Å². The highest BCUT2D eigenvalue weighted by molar-refractivity contribution is 9.10. The van der Waals surface area contributed by atoms with Crippen LogP contribution in [0.5, 0.6) is 11.5 Å². The number of carbonyl (C=O) groups excluding carboxylic acids is 1. The number of amides is 1. The molecule has 0 radical (unpaired) electrons. The fourth-order valence-corrected chi connectivity index (χ4v) is 4.03. The molecule has 4 aromatic rings. The van der Waals surface area contributed by atoms with Crippen molar-refractivity contribution in [2.75, 3.05) is 12.0 Å². The van der Waals surface area contributed by atoms with Gasteiger partial charge in [0.1, 0.15) is 18.1 Å². The maximum atomic E-state index is 13.2. The molecule has 3 aromatic carbocycles. The number of para-hydroxylation sites is 2. The van der Waals surface area contributed by atoms with Gasteiger partial charge in [-0.1, -0.05) is 60.1 Å². The summed E-state index contributed by atoms with van der Waals surface area (Å²) >= 11 is 3.50. The number of nitrogens with zero attached hydrogens (tertiary/aromatic N) is 2. The van der Waals surface area contributed by atoms with Crippen molar-refractivity contribution in [3.63, 3.8) is 0 Å². The zero-order valence-corrected chi connectivity index (χ0v) is 21.3. The minimum atomic E-state index is -0.486. The molecule has 1 heterocycles. The van der Waals surface area contributed by atoms with Crippen molar-refractivity contribution < 1.29 is 14.3 Å². The van der Waals surface area contributed by atoms with Crippen LogP contribution in [0, 0.1) is 6.92 Å². The van der Waals surface area contributed by atoms with Gasteiger partial charge in [-0.05, 0) is 60.4 Å². The predicted octanol–water partition coefficient (Wildman–Crippen LogP) is 5.32. The van der Waals surface area contributed by atoms with Crippen LogP contribution >= 0.6 is 15.9 Å². The molecule has 1 aromatic heterocycles. The molecule has 0 saturated heterocycles. The second kappa shape index (κ2) is 10.7. The number of nitrogens with one attached hydrogen (secondary N) is 1. The number of hydrogen-bond donors (Lipinski definition) is 1. The highest BCUT2D eigenvalue weighted by Crippen LogP contribution is 2.30. The van der Waals surface area contributed by atoms with E-state index in [1.807, 2.05) is 49.4 Å². The maximum absolute atomic E-state index is 13.2. The largest absolute Gasteiger partial charge is 0.485 e. The van der Waals surface area contributed by atoms with Gasteiger partial charge in [-0.2, -0.15) is 4.68 Å². The molecule has 0 aliphatic rings. The molecule has 1 amide bonds. The van der Waals surface area contributed by atoms with Crippen LogP contribution in [0.25, 0.3) is 10.9 Å². The molecule has 8 heteroatoms. The van der Waals surface area contributed by atoms with Crippen LogP contribution in [0.15, 0.2) is 76.0 Å². The Balaban J connectivity index is 1.61. The third-order valence-corrected chi connectivity index (χ3v) is 5.98. The van der Waals surface area contributed by atoms with Crippen molar-refractivity contribution in [3.8, 4) is 11.5 Å². The van der Waals surface area contributed by atoms with Gasteiger partial charge >= 0.3 is 0 Å². The van der Waals surface area contributed by atoms with Crippen molar-refractivity contribution in [2.24, 2.45) is 0 Å². The predicted molar refractivity (Wildman–Crippen MR) is 140 cm³/mol. The molecular weight excluding hydrogens is 510 g/mol. The van der Waals surface area contributed by atoms with E-state index in [1.165, 1.54) is 0 Å². The highest BCUT2D eigenvalue weighted by Gasteiger charge is 2.16. The summed E-state index contributed by atoms with van der Waals surface area (Å²) in [6.07, 6.45) is 0. The van der Waals surface area contributed by atoms with Gasteiger partial charge in [-0.3, -0.25) is 15.0 Å². The molecule has 0 unspecified atom stereocenters. The van der Waals surface area contributed by atoms with Crippen molar-refractivity contribution in [1.82, 2.24) is 9.66 Å². The molecule has 0 atom stereocenters. The number of fused-ring (bicyclic) bond motifs is 1. The lowest BCUT2D eigenvalue weighted by Gasteiger charge is -2.17. The Kier molecular flexibility index (Phi) is 7.51. The summed E-state index contributed by atoms with van der Waals surface area (Å²) in [5.74, 6) is 1.31. The Labute approximate surface area is 211 Å². The van der Waals surface area contributed by atoms with Crippen molar-refractivity contribution in [3.05, 3.63) is 98.5 Å². The molecule has 4 rings (SSSR count). The summed E-state index contributed by atoms with van der Waals surface area (Å²) in [6.45, 7) is 5.78. The first-order valence-electron chi connectivity index (χ1n) is 11.2. The minimum Gasteiger partial charge on any atom is -0.485 e. The van der Waals surface area contributed by atoms with E-state index in [-0.39, 0.29) is 25.0 Å². The summed E-state index contributed by atoms with van der Waals surface area (Å²) in [5, 5.41) is 0.392. The fraction of sp³-hybridized carbons (Fsp3) is 0.222. The molecule has 0 saturated carbocycles. The van der Waals surface area contributed by atoms with Gasteiger partial charge in [0.2, 0.25) is 0 Å². The number of carbonyl (C=O) groups is 1. The van der Waals surface area contributed by atoms with Crippen LogP contribution in [0.1, 0.15) is 36.7 Å². The lowest BCUT2D eigenvalue weighted by molar-refractivity contribution is -0.119. The monoisotopic (exact) mass is 535 g/mol. The van der Waals surface area contributed by atoms with Crippen LogP contribution in [-0.4, -0.2) is 22.2 Å². The average Bonchev–Trinajstić information content (AvgIpc) is 2.84. The summed E-state index contributed by atoms with van der Waals surface area (Å²) in [4.78, 5) is 30.6. The number of halogens is 1. The number of hydrogen-bond acceptors (Lipinski definition) is 5. The van der Waals surface area contributed by atoms with Gasteiger partial charge in [0.05, 0.1) is 10.9 Å². The molecule has 0 spiro atoms. The average molecular weight is 536 g/mol. The van der Waals surface area contributed by atoms with E-state index in [4.69, 9.17) is 9.47 Å². The molecule has 7 nitrogen and oxygen atoms in total. The number of benzene rings is 3. The normalized spacial score (nSPS) is 11.0. The van der Waals surface area contributed by atoms with E-state index < -0.39 is 11.5 Å². The van der Waals surface area contributed by atoms with Crippen molar-refractivity contribution in [2.45, 2.75) is 33.3 Å². The van der Waals surface area contributed by atoms with E-state index in [2.05, 4.69) is 40.2 Å². The topological polar surface area (TPSA) is 82.4 Å². The Morgan fingerprint density at radius 3 is 2.54 bits per heavy atom. The Hall–Kier alpha value is -3.65. The first kappa shape index (κ1) is 24.5. The number of aryl methyl sites for hydroxylation is 1. The van der Waals surface area contributed by atoms with E-state index in [0.717, 1.165) is 20.3 Å². The third-order valence-electron chi connectivity index (χ3n) is 5.48. The molecule has 0 bridgehead atoms. The lowest BCUT2D eigenvalue weighted by atomic mass is 10.0. The SMILES string of the molecule is Cc1ccccc1OCC(=O)Nn1c(COc2ccc(Br)cc2C(C)C)nc2ccccc2c1=O. The van der Waals surface area contributed by atoms with Crippen LogP contribution < -0.4 is 20.5 Å². The van der Waals surface area contributed by atoms with E-state index in [0.29, 0.717) is 22.4 Å². The molecule has 180 valence electrons. The standard InChI is InChI=1S/C27H26BrN3O4/c1-17(2)21-14-19(28)12-13-24(21)34-15-25-29-22-10-6-5-9-20(22)27(33)31(25)30-26(32)16-35-23-11-7-4-8-18(23)3/h4-14,17H,15-16H2,1-3H3,(H,30,32). The molecule has 1 N–H and O–H groups in total. The van der Waals surface area contributed by atoms with Gasteiger partial charge in [0.25, 0.3) is 11.5 Å². The Morgan fingerprint density at radius 1 is 1.03 bits per heavy atom. The van der Waals surface area contributed by atoms with Gasteiger partial charge in [-0.25, -0.2) is 4.98 Å². The first-order chi connectivity index (χ1) is 16.8. The smallest absolute Gasteiger partial charge is 0.280 e. The van der Waals surface area contributed by atoms with Crippen LogP contribution in [-0.2, 0) is 11.4 Å². The summed E-state index contributed by atoms with van der Waals surface area (Å²) in [6, 6.07) is 20.2. The molecular formula is C27H26BrN3O4. The fourth-order valence-electron chi connectivity index (χ4n) is 3.65. The van der Waals surface area contributed by atoms with Gasteiger partial charge < -0.3 is 9.47 Å². The number of ether oxygens (including phenoxy) is 2. The minimum absolute atomic E-state index is 0.0135. The zero-order valence-electron chi connectivity index (χ0n) is 19.7. The number of aromatic nitrogens is 2. The van der Waals surface area contributed by atoms with Crippen LogP contribution in [0.3, 0.4) is 0 Å². The quantitative estimate of drug-likeness (QED) is 0.330. The second-order valence-corrected chi connectivity index (χ2v) is 9.32. The molecule has 0 fully saturated rings. The summed E-state index contributed by atoms with van der Waals surface area (Å²) < 4.78 is 13.8. The van der Waals surface area contributed by atoms with Crippen molar-refractivity contribution in [1.29, 1.82) is 0 Å². The van der Waals surface area contributed by atoms with Crippen LogP contribution in [0.2, 0.25) is 0 Å². The Morgan fingerprint density at radius 2 is 1.77 bits per heavy atom. The third kappa shape index (κ3) is 5.71. The van der Waals surface area contributed by atoms with Gasteiger partial charge in [0, 0.05) is 4.47 Å². The van der Waals surface area contributed by atoms with E-state index >= 15 is 0 Å². The molecule has 35 heavy (non-hydrogen) atoms. The van der Waals surface area contributed by atoms with Gasteiger partial charge in [-0.15, -0.1) is 0 Å². The lowest BCUT2D eigenvalue weighted by Crippen LogP contribution is -2.38. The number of rotatable bonds is 8.